The van der Waals surface area contributed by atoms with Crippen LogP contribution in [-0.4, -0.2) is 33.6 Å². The third-order valence-corrected chi connectivity index (χ3v) is 11.9. The lowest BCUT2D eigenvalue weighted by atomic mass is 9.81. The number of anilines is 1. The fourth-order valence-corrected chi connectivity index (χ4v) is 9.27. The van der Waals surface area contributed by atoms with Gasteiger partial charge < -0.3 is 4.90 Å². The van der Waals surface area contributed by atoms with Gasteiger partial charge in [-0.3, -0.25) is 0 Å². The Kier molecular flexibility index (Phi) is 9.47. The van der Waals surface area contributed by atoms with Crippen LogP contribution in [0.5, 0.6) is 0 Å². The van der Waals surface area contributed by atoms with Crippen molar-refractivity contribution in [3.05, 3.63) is 115 Å². The third kappa shape index (κ3) is 6.31. The molecule has 4 nitrogen and oxygen atoms in total. The molecule has 47 heavy (non-hydrogen) atoms. The van der Waals surface area contributed by atoms with Crippen LogP contribution in [0.25, 0.3) is 0 Å². The SMILES string of the molecule is CCCN1/C(=C/C=C2\CCC(/C=C/C3=[N+](CCC)c4ccc(F)cc4C3(C)C)=C2SCc2nnc(C)s2)C(C)(C)c2cc(F)ccc21. The molecule has 1 aliphatic carbocycles. The molecular formula is C39H45F2N4S2+. The predicted molar refractivity (Wildman–Crippen MR) is 194 cm³/mol. The highest BCUT2D eigenvalue weighted by Gasteiger charge is 2.44. The summed E-state index contributed by atoms with van der Waals surface area (Å²) in [6.45, 7) is 16.9. The molecular weight excluding hydrogens is 627 g/mol. The summed E-state index contributed by atoms with van der Waals surface area (Å²) in [4.78, 5) is 3.65. The highest BCUT2D eigenvalue weighted by atomic mass is 32.2. The topological polar surface area (TPSA) is 32.0 Å². The molecule has 0 atom stereocenters. The monoisotopic (exact) mass is 671 g/mol. The lowest BCUT2D eigenvalue weighted by molar-refractivity contribution is -0.437. The number of hydrogen-bond acceptors (Lipinski definition) is 5. The van der Waals surface area contributed by atoms with E-state index in [-0.39, 0.29) is 22.5 Å². The first kappa shape index (κ1) is 33.5. The van der Waals surface area contributed by atoms with Crippen LogP contribution in [0.3, 0.4) is 0 Å². The molecule has 246 valence electrons. The molecule has 0 unspecified atom stereocenters. The Labute approximate surface area is 286 Å². The van der Waals surface area contributed by atoms with Gasteiger partial charge >= 0.3 is 0 Å². The van der Waals surface area contributed by atoms with Gasteiger partial charge in [-0.1, -0.05) is 39.8 Å². The molecule has 0 saturated carbocycles. The van der Waals surface area contributed by atoms with Crippen molar-refractivity contribution in [2.24, 2.45) is 0 Å². The van der Waals surface area contributed by atoms with E-state index < -0.39 is 0 Å². The molecule has 8 heteroatoms. The summed E-state index contributed by atoms with van der Waals surface area (Å²) in [5, 5.41) is 10.6. The zero-order valence-corrected chi connectivity index (χ0v) is 30.2. The summed E-state index contributed by atoms with van der Waals surface area (Å²) in [6.07, 6.45) is 13.0. The third-order valence-electron chi connectivity index (χ3n) is 9.64. The Morgan fingerprint density at radius 2 is 1.66 bits per heavy atom. The fraction of sp³-hybridized carbons (Fsp3) is 0.410. The smallest absolute Gasteiger partial charge is 0.209 e. The molecule has 0 fully saturated rings. The average Bonchev–Trinajstić information content (AvgIpc) is 3.72. The number of aryl methyl sites for hydroxylation is 1. The average molecular weight is 672 g/mol. The lowest BCUT2D eigenvalue weighted by Crippen LogP contribution is -2.28. The Bertz CT molecular complexity index is 1860. The molecule has 0 amide bonds. The van der Waals surface area contributed by atoms with Crippen LogP contribution in [0.15, 0.2) is 82.5 Å². The van der Waals surface area contributed by atoms with Crippen molar-refractivity contribution in [2.75, 3.05) is 18.0 Å². The van der Waals surface area contributed by atoms with Crippen molar-refractivity contribution in [3.63, 3.8) is 0 Å². The van der Waals surface area contributed by atoms with Crippen molar-refractivity contribution in [3.8, 4) is 0 Å². The summed E-state index contributed by atoms with van der Waals surface area (Å²) in [5.74, 6) is 0.379. The van der Waals surface area contributed by atoms with E-state index in [1.807, 2.05) is 30.8 Å². The second-order valence-electron chi connectivity index (χ2n) is 13.7. The number of halogens is 2. The number of nitrogens with zero attached hydrogens (tertiary/aromatic N) is 4. The number of fused-ring (bicyclic) bond motifs is 2. The van der Waals surface area contributed by atoms with Crippen LogP contribution in [0, 0.1) is 18.6 Å². The van der Waals surface area contributed by atoms with Crippen molar-refractivity contribution < 1.29 is 13.4 Å². The van der Waals surface area contributed by atoms with Gasteiger partial charge in [0, 0.05) is 52.4 Å². The van der Waals surface area contributed by atoms with Crippen LogP contribution >= 0.6 is 23.1 Å². The maximum Gasteiger partial charge on any atom is 0.209 e. The lowest BCUT2D eigenvalue weighted by Gasteiger charge is -2.26. The zero-order valence-electron chi connectivity index (χ0n) is 28.6. The van der Waals surface area contributed by atoms with Crippen molar-refractivity contribution in [1.82, 2.24) is 10.2 Å². The summed E-state index contributed by atoms with van der Waals surface area (Å²) in [6, 6.07) is 10.4. The molecule has 0 bridgehead atoms. The highest BCUT2D eigenvalue weighted by Crippen LogP contribution is 2.49. The molecule has 3 aromatic rings. The summed E-state index contributed by atoms with van der Waals surface area (Å²) in [5.41, 5.74) is 8.67. The standard InChI is InChI=1S/C39H45F2N4S2/c1-8-20-44-32-16-14-28(40)22-30(32)38(4,5)34(44)18-12-26-10-11-27(37(26)46-24-36-43-42-25(3)47-36)13-19-35-39(6,7)31-23-29(41)15-17-33(31)45(35)21-9-2/h12-19,22-23H,8-11,20-21,24H2,1-7H3/q+1. The molecule has 1 aromatic heterocycles. The van der Waals surface area contributed by atoms with Gasteiger partial charge in [0.25, 0.3) is 0 Å². The van der Waals surface area contributed by atoms with Crippen LogP contribution < -0.4 is 4.90 Å². The molecule has 0 N–H and O–H groups in total. The summed E-state index contributed by atoms with van der Waals surface area (Å²) in [7, 11) is 0. The van der Waals surface area contributed by atoms with Crippen LogP contribution in [-0.2, 0) is 16.6 Å². The Balaban J connectivity index is 1.40. The van der Waals surface area contributed by atoms with Gasteiger partial charge in [0.15, 0.2) is 5.71 Å². The fourth-order valence-electron chi connectivity index (χ4n) is 7.32. The minimum absolute atomic E-state index is 0.192. The van der Waals surface area contributed by atoms with E-state index in [1.54, 1.807) is 35.6 Å². The highest BCUT2D eigenvalue weighted by molar-refractivity contribution is 8.02. The van der Waals surface area contributed by atoms with E-state index >= 15 is 0 Å². The largest absolute Gasteiger partial charge is 0.344 e. The molecule has 3 aliphatic rings. The molecule has 0 radical (unpaired) electrons. The first-order chi connectivity index (χ1) is 22.4. The zero-order chi connectivity index (χ0) is 33.5. The van der Waals surface area contributed by atoms with Gasteiger partial charge in [0.1, 0.15) is 28.2 Å². The van der Waals surface area contributed by atoms with Gasteiger partial charge in [-0.15, -0.1) is 33.3 Å². The van der Waals surface area contributed by atoms with Crippen LogP contribution in [0.4, 0.5) is 20.2 Å². The molecule has 2 aliphatic heterocycles. The number of rotatable bonds is 10. The molecule has 2 aromatic carbocycles. The van der Waals surface area contributed by atoms with Gasteiger partial charge in [0.05, 0.1) is 11.2 Å². The van der Waals surface area contributed by atoms with E-state index in [1.165, 1.54) is 27.5 Å². The van der Waals surface area contributed by atoms with Gasteiger partial charge in [-0.05, 0) is 93.2 Å². The Morgan fingerprint density at radius 1 is 0.915 bits per heavy atom. The molecule has 3 heterocycles. The normalized spacial score (nSPS) is 20.1. The number of benzene rings is 2. The molecule has 0 spiro atoms. The Hall–Kier alpha value is -3.36. The Morgan fingerprint density at radius 3 is 2.36 bits per heavy atom. The quantitative estimate of drug-likeness (QED) is 0.201. The summed E-state index contributed by atoms with van der Waals surface area (Å²) >= 11 is 3.48. The second kappa shape index (κ2) is 13.3. The minimum atomic E-state index is -0.311. The number of allylic oxidation sites excluding steroid dienone is 7. The maximum absolute atomic E-state index is 14.4. The first-order valence-electron chi connectivity index (χ1n) is 16.7. The molecule has 6 rings (SSSR count). The molecule has 0 saturated heterocycles. The van der Waals surface area contributed by atoms with Crippen LogP contribution in [0.1, 0.15) is 88.4 Å². The number of thioether (sulfide) groups is 1. The van der Waals surface area contributed by atoms with E-state index in [4.69, 9.17) is 0 Å². The summed E-state index contributed by atoms with van der Waals surface area (Å²) < 4.78 is 31.2. The van der Waals surface area contributed by atoms with Crippen LogP contribution in [0.2, 0.25) is 0 Å². The van der Waals surface area contributed by atoms with E-state index in [9.17, 15) is 8.78 Å². The van der Waals surface area contributed by atoms with Gasteiger partial charge in [0.2, 0.25) is 5.69 Å². The van der Waals surface area contributed by atoms with Crippen molar-refractivity contribution >= 4 is 40.2 Å². The number of hydrogen-bond donors (Lipinski definition) is 0. The maximum atomic E-state index is 14.4. The minimum Gasteiger partial charge on any atom is -0.344 e. The van der Waals surface area contributed by atoms with Gasteiger partial charge in [-0.25, -0.2) is 8.78 Å². The van der Waals surface area contributed by atoms with E-state index in [0.29, 0.717) is 0 Å². The van der Waals surface area contributed by atoms with Gasteiger partial charge in [-0.2, -0.15) is 4.58 Å². The first-order valence-corrected chi connectivity index (χ1v) is 18.5. The van der Waals surface area contributed by atoms with Crippen molar-refractivity contribution in [1.29, 1.82) is 0 Å². The van der Waals surface area contributed by atoms with E-state index in [2.05, 4.69) is 85.5 Å². The van der Waals surface area contributed by atoms with Crippen molar-refractivity contribution in [2.45, 2.75) is 90.7 Å². The second-order valence-corrected chi connectivity index (χ2v) is 15.9. The number of aromatic nitrogens is 2. The predicted octanol–water partition coefficient (Wildman–Crippen LogP) is 10.5. The van der Waals surface area contributed by atoms with E-state index in [0.717, 1.165) is 77.0 Å².